The van der Waals surface area contributed by atoms with Gasteiger partial charge in [0.05, 0.1) is 0 Å². The zero-order valence-electron chi connectivity index (χ0n) is 14.7. The summed E-state index contributed by atoms with van der Waals surface area (Å²) >= 11 is 0. The van der Waals surface area contributed by atoms with Crippen LogP contribution in [0.1, 0.15) is 72.6 Å². The maximum Gasteiger partial charge on any atom is 1.00 e. The van der Waals surface area contributed by atoms with Crippen LogP contribution in [0.5, 0.6) is 0 Å². The summed E-state index contributed by atoms with van der Waals surface area (Å²) in [6.07, 6.45) is 10.0. The van der Waals surface area contributed by atoms with E-state index in [1.807, 2.05) is 0 Å². The molecule has 0 saturated carbocycles. The van der Waals surface area contributed by atoms with E-state index in [1.54, 1.807) is 0 Å². The summed E-state index contributed by atoms with van der Waals surface area (Å²) in [5.41, 5.74) is 0. The maximum absolute atomic E-state index is 11.2. The summed E-state index contributed by atoms with van der Waals surface area (Å²) in [4.78, 5) is 22.2. The Kier molecular flexibility index (Phi) is 16.2. The normalized spacial score (nSPS) is 10.8. The smallest absolute Gasteiger partial charge is 1.00 e. The molecule has 126 valence electrons. The molecule has 0 spiro atoms. The molecule has 0 aliphatic carbocycles. The first-order chi connectivity index (χ1) is 9.85. The summed E-state index contributed by atoms with van der Waals surface area (Å²) in [5.74, 6) is -3.17. The van der Waals surface area contributed by atoms with Crippen LogP contribution in [-0.4, -0.2) is 30.7 Å². The molecular weight excluding hydrogens is 319 g/mol. The maximum atomic E-state index is 11.2. The number of carbonyl (C=O) groups excluding carboxylic acids is 2. The fourth-order valence-electron chi connectivity index (χ4n) is 1.94. The fraction of sp³-hybridized carbons (Fsp3) is 0.857. The molecule has 22 heavy (non-hydrogen) atoms. The molecule has 0 amide bonds. The second-order valence-electron chi connectivity index (χ2n) is 5.15. The number of carbonyl (C=O) groups is 2. The second kappa shape index (κ2) is 14.6. The Bertz CT molecular complexity index is 413. The van der Waals surface area contributed by atoms with Gasteiger partial charge in [-0.3, -0.25) is 14.1 Å². The van der Waals surface area contributed by atoms with Crippen molar-refractivity contribution in [3.05, 3.63) is 0 Å². The second-order valence-corrected chi connectivity index (χ2v) is 6.60. The number of esters is 2. The number of hydrogen-bond donors (Lipinski definition) is 1. The minimum atomic E-state index is -4.44. The Morgan fingerprint density at radius 1 is 0.909 bits per heavy atom. The van der Waals surface area contributed by atoms with Crippen LogP contribution >= 0.6 is 0 Å². The molecule has 0 heterocycles. The van der Waals surface area contributed by atoms with E-state index in [0.29, 0.717) is 6.42 Å². The molecule has 0 aromatic carbocycles. The van der Waals surface area contributed by atoms with E-state index in [2.05, 4.69) is 11.7 Å². The topological polar surface area (TPSA) is 97.7 Å². The zero-order valence-corrected chi connectivity index (χ0v) is 16.5. The van der Waals surface area contributed by atoms with Crippen molar-refractivity contribution in [1.82, 2.24) is 0 Å². The molecule has 1 N–H and O–H groups in total. The van der Waals surface area contributed by atoms with Crippen LogP contribution in [0.15, 0.2) is 0 Å². The first kappa shape index (κ1) is 24.3. The van der Waals surface area contributed by atoms with E-state index in [4.69, 9.17) is 4.55 Å². The van der Waals surface area contributed by atoms with Crippen molar-refractivity contribution >= 4 is 22.1 Å². The molecule has 0 rings (SSSR count). The van der Waals surface area contributed by atoms with Gasteiger partial charge >= 0.3 is 41.5 Å². The Morgan fingerprint density at radius 2 is 1.36 bits per heavy atom. The summed E-state index contributed by atoms with van der Waals surface area (Å²) < 4.78 is 33.5. The molecule has 8 heteroatoms. The van der Waals surface area contributed by atoms with E-state index in [0.717, 1.165) is 19.3 Å². The molecule has 0 aromatic heterocycles. The average Bonchev–Trinajstić information content (AvgIpc) is 2.34. The third kappa shape index (κ3) is 18.1. The average molecular weight is 346 g/mol. The van der Waals surface area contributed by atoms with Gasteiger partial charge in [-0.05, 0) is 6.42 Å². The van der Waals surface area contributed by atoms with Crippen LogP contribution in [0, 0.1) is 0 Å². The van der Waals surface area contributed by atoms with Gasteiger partial charge in [-0.2, -0.15) is 8.42 Å². The van der Waals surface area contributed by atoms with Crippen molar-refractivity contribution in [3.8, 4) is 0 Å². The van der Waals surface area contributed by atoms with Crippen molar-refractivity contribution < 1.29 is 58.3 Å². The van der Waals surface area contributed by atoms with Gasteiger partial charge in [0.25, 0.3) is 10.1 Å². The van der Waals surface area contributed by atoms with Gasteiger partial charge < -0.3 is 6.16 Å². The molecule has 0 aliphatic rings. The first-order valence-corrected chi connectivity index (χ1v) is 9.14. The molecule has 0 radical (unpaired) electrons. The van der Waals surface area contributed by atoms with Crippen LogP contribution in [0.4, 0.5) is 0 Å². The van der Waals surface area contributed by atoms with Gasteiger partial charge in [-0.25, -0.2) is 0 Å². The minimum Gasteiger partial charge on any atom is -1.00 e. The van der Waals surface area contributed by atoms with Gasteiger partial charge in [0.2, 0.25) is 0 Å². The van der Waals surface area contributed by atoms with E-state index >= 15 is 0 Å². The van der Waals surface area contributed by atoms with Crippen LogP contribution in [0.25, 0.3) is 0 Å². The van der Waals surface area contributed by atoms with Gasteiger partial charge in [-0.1, -0.05) is 58.3 Å². The number of unbranched alkanes of at least 4 members (excludes halogenated alkanes) is 8. The van der Waals surface area contributed by atoms with Crippen molar-refractivity contribution in [1.29, 1.82) is 0 Å². The molecule has 0 bridgehead atoms. The zero-order chi connectivity index (χ0) is 16.1. The summed E-state index contributed by atoms with van der Waals surface area (Å²) in [7, 11) is -4.44. The Labute approximate surface area is 156 Å². The minimum absolute atomic E-state index is 0. The van der Waals surface area contributed by atoms with Crippen LogP contribution in [0.2, 0.25) is 0 Å². The van der Waals surface area contributed by atoms with E-state index < -0.39 is 27.8 Å². The Morgan fingerprint density at radius 3 is 1.82 bits per heavy atom. The fourth-order valence-corrected chi connectivity index (χ4v) is 2.29. The predicted octanol–water partition coefficient (Wildman–Crippen LogP) is -0.0186. The van der Waals surface area contributed by atoms with Crippen molar-refractivity contribution in [3.63, 3.8) is 0 Å². The number of rotatable bonds is 12. The van der Waals surface area contributed by atoms with E-state index in [-0.39, 0.29) is 37.4 Å². The number of hydrogen-bond acceptors (Lipinski definition) is 5. The predicted molar refractivity (Wildman–Crippen MR) is 80.5 cm³/mol. The third-order valence-corrected chi connectivity index (χ3v) is 3.61. The van der Waals surface area contributed by atoms with Crippen molar-refractivity contribution in [2.45, 2.75) is 71.1 Å². The molecule has 0 aromatic rings. The Hall–Kier alpha value is 0.0500. The monoisotopic (exact) mass is 346 g/mol. The SMILES string of the molecule is CCCCCCCCCCCC(=O)OC(=O)CS(=O)(=O)O.[H-].[Na+]. The van der Waals surface area contributed by atoms with Crippen molar-refractivity contribution in [2.75, 3.05) is 5.75 Å². The standard InChI is InChI=1S/C14H26O6S.Na.H/c1-2-3-4-5-6-7-8-9-10-11-13(15)20-14(16)12-21(17,18)19;;/h2-12H2,1H3,(H,17,18,19);;/q;+1;-1. The van der Waals surface area contributed by atoms with Crippen LogP contribution < -0.4 is 29.6 Å². The molecule has 0 saturated heterocycles. The third-order valence-electron chi connectivity index (χ3n) is 3.01. The van der Waals surface area contributed by atoms with E-state index in [9.17, 15) is 18.0 Å². The molecule has 0 aliphatic heterocycles. The summed E-state index contributed by atoms with van der Waals surface area (Å²) in [6.45, 7) is 2.18. The quantitative estimate of drug-likeness (QED) is 0.175. The van der Waals surface area contributed by atoms with Gasteiger partial charge in [0.1, 0.15) is 0 Å². The van der Waals surface area contributed by atoms with Gasteiger partial charge in [0, 0.05) is 6.42 Å². The van der Waals surface area contributed by atoms with Crippen molar-refractivity contribution in [2.24, 2.45) is 0 Å². The molecular formula is C14H27NaO6S. The first-order valence-electron chi connectivity index (χ1n) is 7.54. The molecule has 0 fully saturated rings. The summed E-state index contributed by atoms with van der Waals surface area (Å²) in [5, 5.41) is 0. The molecule has 0 unspecified atom stereocenters. The van der Waals surface area contributed by atoms with Gasteiger partial charge in [-0.15, -0.1) is 0 Å². The molecule has 6 nitrogen and oxygen atoms in total. The summed E-state index contributed by atoms with van der Waals surface area (Å²) in [6, 6.07) is 0. The Balaban J connectivity index is -0.00000200. The molecule has 0 atom stereocenters. The van der Waals surface area contributed by atoms with Crippen LogP contribution in [0.3, 0.4) is 0 Å². The van der Waals surface area contributed by atoms with Crippen LogP contribution in [-0.2, 0) is 24.4 Å². The van der Waals surface area contributed by atoms with Gasteiger partial charge in [0.15, 0.2) is 5.75 Å². The number of ether oxygens (including phenoxy) is 1. The largest absolute Gasteiger partial charge is 1.00 e. The van der Waals surface area contributed by atoms with E-state index in [1.165, 1.54) is 32.1 Å².